The third-order valence-corrected chi connectivity index (χ3v) is 1.80. The number of hydrogen-bond acceptors (Lipinski definition) is 3. The van der Waals surface area contributed by atoms with Crippen molar-refractivity contribution in [2.75, 3.05) is 0 Å². The summed E-state index contributed by atoms with van der Waals surface area (Å²) < 4.78 is 0. The van der Waals surface area contributed by atoms with Gasteiger partial charge in [-0.1, -0.05) is 25.1 Å². The van der Waals surface area contributed by atoms with Crippen molar-refractivity contribution in [2.45, 2.75) is 13.3 Å². The van der Waals surface area contributed by atoms with Gasteiger partial charge in [0.2, 0.25) is 0 Å². The van der Waals surface area contributed by atoms with Gasteiger partial charge in [0.1, 0.15) is 0 Å². The lowest BCUT2D eigenvalue weighted by Crippen LogP contribution is -2.37. The van der Waals surface area contributed by atoms with E-state index in [4.69, 9.17) is 15.0 Å². The first-order valence-electron chi connectivity index (χ1n) is 4.16. The molecule has 0 aromatic carbocycles. The lowest BCUT2D eigenvalue weighted by atomic mass is 9.98. The third kappa shape index (κ3) is 2.94. The summed E-state index contributed by atoms with van der Waals surface area (Å²) in [5, 5.41) is 19.6. The topological polar surface area (TPSA) is 63.2 Å². The van der Waals surface area contributed by atoms with Gasteiger partial charge in [0.05, 0.1) is 0 Å². The quantitative estimate of drug-likeness (QED) is 0.606. The van der Waals surface area contributed by atoms with Crippen molar-refractivity contribution in [3.63, 3.8) is 0 Å². The maximum atomic E-state index is 8.33. The number of benzene rings is 1. The Bertz CT molecular complexity index is 391. The predicted molar refractivity (Wildman–Crippen MR) is 50.1 cm³/mol. The van der Waals surface area contributed by atoms with E-state index < -0.39 is 6.16 Å². The van der Waals surface area contributed by atoms with Gasteiger partial charge in [-0.05, 0) is 28.6 Å². The fourth-order valence-electron chi connectivity index (χ4n) is 1.16. The molecule has 14 heavy (non-hydrogen) atoms. The fraction of sp³-hybridized carbons (Fsp3) is 0.182. The summed E-state index contributed by atoms with van der Waals surface area (Å²) in [7, 11) is 0. The molecule has 2 aliphatic carbocycles. The molecular weight excluding hydrogens is 180 g/mol. The van der Waals surface area contributed by atoms with E-state index in [1.54, 1.807) is 0 Å². The van der Waals surface area contributed by atoms with E-state index in [0.717, 1.165) is 0 Å². The number of hydrogen-bond donors (Lipinski definition) is 0. The molecule has 0 atom stereocenters. The molecule has 0 N–H and O–H groups in total. The van der Waals surface area contributed by atoms with Crippen molar-refractivity contribution >= 4 is 6.16 Å². The SMILES string of the molecule is C=C.CCc1cc2ccc1=2.O=C([O-])[O-]. The van der Waals surface area contributed by atoms with Gasteiger partial charge >= 0.3 is 0 Å². The normalized spacial score (nSPS) is 8.64. The highest BCUT2D eigenvalue weighted by Gasteiger charge is 2.01. The van der Waals surface area contributed by atoms with E-state index in [2.05, 4.69) is 38.3 Å². The summed E-state index contributed by atoms with van der Waals surface area (Å²) in [5.74, 6) is 0. The van der Waals surface area contributed by atoms with Gasteiger partial charge < -0.3 is 15.0 Å². The van der Waals surface area contributed by atoms with Gasteiger partial charge in [0.25, 0.3) is 0 Å². The van der Waals surface area contributed by atoms with E-state index in [1.807, 2.05) is 0 Å². The molecular formula is C11H12O3-2. The van der Waals surface area contributed by atoms with Crippen molar-refractivity contribution in [1.82, 2.24) is 0 Å². The Kier molecular flexibility index (Phi) is 5.07. The Labute approximate surface area is 82.6 Å². The van der Waals surface area contributed by atoms with Gasteiger partial charge in [-0.2, -0.15) is 0 Å². The van der Waals surface area contributed by atoms with Gasteiger partial charge in [-0.15, -0.1) is 13.2 Å². The van der Waals surface area contributed by atoms with E-state index in [-0.39, 0.29) is 0 Å². The molecule has 0 spiro atoms. The average Bonchev–Trinajstić information content (AvgIpc) is 2.12. The van der Waals surface area contributed by atoms with Crippen LogP contribution < -0.4 is 10.2 Å². The first-order valence-corrected chi connectivity index (χ1v) is 4.16. The monoisotopic (exact) mass is 192 g/mol. The van der Waals surface area contributed by atoms with Crippen molar-refractivity contribution in [1.29, 1.82) is 0 Å². The maximum absolute atomic E-state index is 8.33. The average molecular weight is 192 g/mol. The minimum Gasteiger partial charge on any atom is -0.652 e. The lowest BCUT2D eigenvalue weighted by molar-refractivity contribution is -0.415. The molecule has 0 aromatic heterocycles. The Balaban J connectivity index is 0.000000245. The molecule has 0 aromatic rings. The van der Waals surface area contributed by atoms with Crippen LogP contribution in [0.5, 0.6) is 0 Å². The molecule has 0 fully saturated rings. The lowest BCUT2D eigenvalue weighted by Gasteiger charge is -2.07. The summed E-state index contributed by atoms with van der Waals surface area (Å²) in [5.41, 5.74) is 1.53. The highest BCUT2D eigenvalue weighted by molar-refractivity contribution is 5.47. The van der Waals surface area contributed by atoms with Crippen LogP contribution in [0.1, 0.15) is 12.5 Å². The minimum atomic E-state index is -2.33. The number of carbonyl (C=O) groups excluding carboxylic acids is 1. The van der Waals surface area contributed by atoms with Crippen LogP contribution in [-0.2, 0) is 6.42 Å². The van der Waals surface area contributed by atoms with Crippen LogP contribution in [0.25, 0.3) is 0 Å². The first-order chi connectivity index (χ1) is 6.65. The molecule has 0 bridgehead atoms. The molecule has 3 nitrogen and oxygen atoms in total. The van der Waals surface area contributed by atoms with Crippen molar-refractivity contribution in [3.8, 4) is 0 Å². The Morgan fingerprint density at radius 3 is 1.93 bits per heavy atom. The zero-order chi connectivity index (χ0) is 11.1. The summed E-state index contributed by atoms with van der Waals surface area (Å²) in [6.45, 7) is 8.20. The predicted octanol–water partition coefficient (Wildman–Crippen LogP) is 0.205. The number of carbonyl (C=O) groups is 1. The molecule has 0 saturated heterocycles. The molecule has 2 rings (SSSR count). The summed E-state index contributed by atoms with van der Waals surface area (Å²) in [4.78, 5) is 8.33. The molecule has 0 aliphatic heterocycles. The van der Waals surface area contributed by atoms with Gasteiger partial charge in [-0.3, -0.25) is 0 Å². The van der Waals surface area contributed by atoms with Crippen LogP contribution in [0, 0.1) is 10.4 Å². The number of carboxylic acid groups (broad SMARTS) is 2. The largest absolute Gasteiger partial charge is 0.652 e. The number of rotatable bonds is 1. The molecule has 3 heteroatoms. The van der Waals surface area contributed by atoms with Gasteiger partial charge in [0.15, 0.2) is 0 Å². The molecule has 0 amide bonds. The molecule has 2 aliphatic rings. The Morgan fingerprint density at radius 2 is 1.86 bits per heavy atom. The maximum Gasteiger partial charge on any atom is -0.0151 e. The molecule has 0 unspecified atom stereocenters. The second kappa shape index (κ2) is 5.80. The van der Waals surface area contributed by atoms with Crippen LogP contribution in [0.3, 0.4) is 0 Å². The summed E-state index contributed by atoms with van der Waals surface area (Å²) in [6.07, 6.45) is -1.14. The highest BCUT2D eigenvalue weighted by atomic mass is 16.6. The van der Waals surface area contributed by atoms with Crippen molar-refractivity contribution in [3.05, 3.63) is 47.4 Å². The van der Waals surface area contributed by atoms with Crippen LogP contribution in [-0.4, -0.2) is 6.16 Å². The van der Waals surface area contributed by atoms with Crippen LogP contribution >= 0.6 is 0 Å². The molecule has 0 radical (unpaired) electrons. The fourth-order valence-corrected chi connectivity index (χ4v) is 1.16. The second-order valence-corrected chi connectivity index (χ2v) is 2.48. The van der Waals surface area contributed by atoms with E-state index >= 15 is 0 Å². The van der Waals surface area contributed by atoms with E-state index in [0.29, 0.717) is 0 Å². The summed E-state index contributed by atoms with van der Waals surface area (Å²) >= 11 is 0. The highest BCUT2D eigenvalue weighted by Crippen LogP contribution is 2.15. The van der Waals surface area contributed by atoms with Crippen LogP contribution in [0.15, 0.2) is 31.4 Å². The van der Waals surface area contributed by atoms with E-state index in [1.165, 1.54) is 22.4 Å². The number of aryl methyl sites for hydroxylation is 1. The molecule has 0 saturated carbocycles. The van der Waals surface area contributed by atoms with Gasteiger partial charge in [0, 0.05) is 0 Å². The minimum absolute atomic E-state index is 1.20. The smallest absolute Gasteiger partial charge is 0.0151 e. The summed E-state index contributed by atoms with van der Waals surface area (Å²) in [6, 6.07) is 6.61. The standard InChI is InChI=1S/C8H8.C2H4.CH2O3/c1-2-6-5-7-3-4-8(6)7;1-2;2-1(3)4/h3-5H,2H2,1H3;1-2H2;(H2,2,3,4)/p-2. The first kappa shape index (κ1) is 12.2. The van der Waals surface area contributed by atoms with Crippen molar-refractivity contribution < 1.29 is 15.0 Å². The van der Waals surface area contributed by atoms with Crippen LogP contribution in [0.4, 0.5) is 4.79 Å². The van der Waals surface area contributed by atoms with Crippen LogP contribution in [0.2, 0.25) is 0 Å². The zero-order valence-corrected chi connectivity index (χ0v) is 8.08. The Morgan fingerprint density at radius 1 is 1.36 bits per heavy atom. The zero-order valence-electron chi connectivity index (χ0n) is 8.08. The van der Waals surface area contributed by atoms with Gasteiger partial charge in [-0.25, -0.2) is 0 Å². The Hall–Kier alpha value is -1.77. The van der Waals surface area contributed by atoms with E-state index in [9.17, 15) is 0 Å². The van der Waals surface area contributed by atoms with Crippen molar-refractivity contribution in [2.24, 2.45) is 0 Å². The third-order valence-electron chi connectivity index (χ3n) is 1.80. The molecule has 0 heterocycles. The molecule has 76 valence electrons. The second-order valence-electron chi connectivity index (χ2n) is 2.48.